The number of rotatable bonds is 9. The fraction of sp³-hybridized carbons (Fsp3) is 0.435. The van der Waals surface area contributed by atoms with Crippen LogP contribution >= 0.6 is 22.9 Å². The van der Waals surface area contributed by atoms with Crippen molar-refractivity contribution in [2.24, 2.45) is 13.0 Å². The maximum Gasteiger partial charge on any atom is 0.262 e. The molecule has 0 saturated heterocycles. The van der Waals surface area contributed by atoms with Crippen molar-refractivity contribution in [3.05, 3.63) is 51.1 Å². The van der Waals surface area contributed by atoms with E-state index in [1.54, 1.807) is 19.3 Å². The van der Waals surface area contributed by atoms with Crippen molar-refractivity contribution in [3.63, 3.8) is 0 Å². The highest BCUT2D eigenvalue weighted by Gasteiger charge is 2.28. The van der Waals surface area contributed by atoms with Crippen LogP contribution in [-0.2, 0) is 18.4 Å². The monoisotopic (exact) mass is 501 g/mol. The normalized spacial score (nSPS) is 14.7. The number of aryl methyl sites for hydroxylation is 2. The lowest BCUT2D eigenvalue weighted by Crippen LogP contribution is -2.44. The molecule has 3 aromatic rings. The third-order valence-corrected chi connectivity index (χ3v) is 7.20. The van der Waals surface area contributed by atoms with E-state index < -0.39 is 6.04 Å². The standard InChI is InChI=1S/C23H28ClN7O2S/c1-14-18(10-16(24)11-25-14)26-12-17-7-8-20(34-17)23(33)28-19(9-15-5-3-4-6-15)22(32)29-21-13-27-31(2)30-21/h7-8,10-11,13,15,19,26H,3-6,9,12H2,1-2H3,(H,28,33)(H,29,30,32)/t19-/m0/s1. The van der Waals surface area contributed by atoms with E-state index in [2.05, 4.69) is 31.1 Å². The molecule has 0 aromatic carbocycles. The Hall–Kier alpha value is -2.98. The Labute approximate surface area is 207 Å². The number of hydrogen-bond acceptors (Lipinski definition) is 7. The Morgan fingerprint density at radius 3 is 2.79 bits per heavy atom. The minimum absolute atomic E-state index is 0.255. The fourth-order valence-corrected chi connectivity index (χ4v) is 5.13. The maximum atomic E-state index is 13.0. The van der Waals surface area contributed by atoms with Crippen LogP contribution in [0.15, 0.2) is 30.6 Å². The maximum absolute atomic E-state index is 13.0. The predicted octanol–water partition coefficient (Wildman–Crippen LogP) is 4.16. The van der Waals surface area contributed by atoms with E-state index in [0.717, 1.165) is 29.1 Å². The molecule has 1 atom stereocenters. The van der Waals surface area contributed by atoms with Gasteiger partial charge in [0.05, 0.1) is 27.5 Å². The van der Waals surface area contributed by atoms with Crippen LogP contribution < -0.4 is 16.0 Å². The second-order valence-electron chi connectivity index (χ2n) is 8.53. The zero-order valence-electron chi connectivity index (χ0n) is 19.2. The van der Waals surface area contributed by atoms with Gasteiger partial charge in [-0.05, 0) is 37.5 Å². The number of halogens is 1. The molecule has 0 aliphatic heterocycles. The predicted molar refractivity (Wildman–Crippen MR) is 133 cm³/mol. The summed E-state index contributed by atoms with van der Waals surface area (Å²) < 4.78 is 0. The van der Waals surface area contributed by atoms with Gasteiger partial charge in [-0.3, -0.25) is 14.6 Å². The van der Waals surface area contributed by atoms with Gasteiger partial charge in [-0.1, -0.05) is 37.3 Å². The minimum Gasteiger partial charge on any atom is -0.379 e. The molecule has 3 aromatic heterocycles. The molecule has 1 saturated carbocycles. The van der Waals surface area contributed by atoms with Crippen molar-refractivity contribution in [1.29, 1.82) is 0 Å². The number of anilines is 2. The van der Waals surface area contributed by atoms with E-state index in [0.29, 0.717) is 34.6 Å². The SMILES string of the molecule is Cc1ncc(Cl)cc1NCc1ccc(C(=O)N[C@@H](CC2CCCC2)C(=O)Nc2cnn(C)n2)s1. The number of nitrogens with zero attached hydrogens (tertiary/aromatic N) is 4. The summed E-state index contributed by atoms with van der Waals surface area (Å²) in [5, 5.41) is 17.7. The van der Waals surface area contributed by atoms with Gasteiger partial charge >= 0.3 is 0 Å². The number of thiophene rings is 1. The summed E-state index contributed by atoms with van der Waals surface area (Å²) in [7, 11) is 1.68. The van der Waals surface area contributed by atoms with Crippen LogP contribution in [0, 0.1) is 12.8 Å². The summed E-state index contributed by atoms with van der Waals surface area (Å²) in [6.45, 7) is 2.45. The number of amides is 2. The van der Waals surface area contributed by atoms with E-state index in [9.17, 15) is 9.59 Å². The van der Waals surface area contributed by atoms with Gasteiger partial charge in [0.25, 0.3) is 5.91 Å². The molecule has 1 aliphatic rings. The van der Waals surface area contributed by atoms with Gasteiger partial charge in [0.2, 0.25) is 5.91 Å². The van der Waals surface area contributed by atoms with Gasteiger partial charge in [0.1, 0.15) is 6.04 Å². The molecule has 180 valence electrons. The molecule has 11 heteroatoms. The van der Waals surface area contributed by atoms with Gasteiger partial charge in [0.15, 0.2) is 5.82 Å². The van der Waals surface area contributed by atoms with E-state index in [1.807, 2.05) is 19.1 Å². The highest BCUT2D eigenvalue weighted by Crippen LogP contribution is 2.29. The smallest absolute Gasteiger partial charge is 0.262 e. The molecule has 4 rings (SSSR count). The van der Waals surface area contributed by atoms with E-state index >= 15 is 0 Å². The van der Waals surface area contributed by atoms with Crippen molar-refractivity contribution < 1.29 is 9.59 Å². The molecule has 3 heterocycles. The lowest BCUT2D eigenvalue weighted by Gasteiger charge is -2.20. The molecule has 0 unspecified atom stereocenters. The number of aromatic nitrogens is 4. The van der Waals surface area contributed by atoms with Crippen molar-refractivity contribution in [2.45, 2.75) is 51.6 Å². The molecule has 34 heavy (non-hydrogen) atoms. The van der Waals surface area contributed by atoms with Crippen LogP contribution in [0.2, 0.25) is 5.02 Å². The molecular weight excluding hydrogens is 474 g/mol. The number of pyridine rings is 1. The Balaban J connectivity index is 1.39. The minimum atomic E-state index is -0.638. The lowest BCUT2D eigenvalue weighted by atomic mass is 9.97. The molecule has 3 N–H and O–H groups in total. The van der Waals surface area contributed by atoms with Crippen LogP contribution in [0.4, 0.5) is 11.5 Å². The molecule has 0 bridgehead atoms. The Morgan fingerprint density at radius 2 is 2.06 bits per heavy atom. The Bertz CT molecular complexity index is 1160. The molecule has 0 spiro atoms. The second kappa shape index (κ2) is 11.0. The van der Waals surface area contributed by atoms with Gasteiger partial charge in [-0.25, -0.2) is 0 Å². The second-order valence-corrected chi connectivity index (χ2v) is 10.1. The first-order valence-corrected chi connectivity index (χ1v) is 12.5. The van der Waals surface area contributed by atoms with Crippen LogP contribution in [-0.4, -0.2) is 37.8 Å². The van der Waals surface area contributed by atoms with Crippen molar-refractivity contribution in [3.8, 4) is 0 Å². The number of carbonyl (C=O) groups excluding carboxylic acids is 2. The van der Waals surface area contributed by atoms with Crippen LogP contribution in [0.5, 0.6) is 0 Å². The number of hydrogen-bond donors (Lipinski definition) is 3. The zero-order valence-corrected chi connectivity index (χ0v) is 20.7. The van der Waals surface area contributed by atoms with Gasteiger partial charge in [-0.15, -0.1) is 16.4 Å². The third kappa shape index (κ3) is 6.32. The topological polar surface area (TPSA) is 114 Å². The molecule has 0 radical (unpaired) electrons. The van der Waals surface area contributed by atoms with Crippen LogP contribution in [0.3, 0.4) is 0 Å². The highest BCUT2D eigenvalue weighted by atomic mass is 35.5. The molecule has 2 amide bonds. The van der Waals surface area contributed by atoms with Crippen molar-refractivity contribution in [2.75, 3.05) is 10.6 Å². The molecule has 1 aliphatic carbocycles. The van der Waals surface area contributed by atoms with E-state index in [-0.39, 0.29) is 11.8 Å². The first-order chi connectivity index (χ1) is 16.4. The molecule has 1 fully saturated rings. The van der Waals surface area contributed by atoms with E-state index in [1.165, 1.54) is 35.2 Å². The van der Waals surface area contributed by atoms with Crippen LogP contribution in [0.1, 0.15) is 52.3 Å². The lowest BCUT2D eigenvalue weighted by molar-refractivity contribution is -0.118. The third-order valence-electron chi connectivity index (χ3n) is 5.91. The van der Waals surface area contributed by atoms with Gasteiger partial charge < -0.3 is 16.0 Å². The largest absolute Gasteiger partial charge is 0.379 e. The number of nitrogens with one attached hydrogen (secondary N) is 3. The summed E-state index contributed by atoms with van der Waals surface area (Å²) >= 11 is 7.43. The van der Waals surface area contributed by atoms with Crippen molar-refractivity contribution >= 4 is 46.3 Å². The van der Waals surface area contributed by atoms with Crippen LogP contribution in [0.25, 0.3) is 0 Å². The van der Waals surface area contributed by atoms with Crippen molar-refractivity contribution in [1.82, 2.24) is 25.3 Å². The fourth-order valence-electron chi connectivity index (χ4n) is 4.12. The summed E-state index contributed by atoms with van der Waals surface area (Å²) in [6.07, 6.45) is 8.20. The highest BCUT2D eigenvalue weighted by molar-refractivity contribution is 7.14. The summed E-state index contributed by atoms with van der Waals surface area (Å²) in [5.74, 6) is 0.265. The summed E-state index contributed by atoms with van der Waals surface area (Å²) in [4.78, 5) is 33.2. The number of carbonyl (C=O) groups is 2. The van der Waals surface area contributed by atoms with Gasteiger partial charge in [-0.2, -0.15) is 9.90 Å². The molecular formula is C23H28ClN7O2S. The Morgan fingerprint density at radius 1 is 1.26 bits per heavy atom. The average Bonchev–Trinajstić information content (AvgIpc) is 3.56. The Kier molecular flexibility index (Phi) is 7.79. The average molecular weight is 502 g/mol. The molecule has 9 nitrogen and oxygen atoms in total. The summed E-state index contributed by atoms with van der Waals surface area (Å²) in [5.41, 5.74) is 1.70. The first kappa shape index (κ1) is 24.2. The quantitative estimate of drug-likeness (QED) is 0.405. The van der Waals surface area contributed by atoms with Gasteiger partial charge in [0, 0.05) is 24.7 Å². The first-order valence-electron chi connectivity index (χ1n) is 11.3. The van der Waals surface area contributed by atoms with E-state index in [4.69, 9.17) is 11.6 Å². The zero-order chi connectivity index (χ0) is 24.1. The summed E-state index contributed by atoms with van der Waals surface area (Å²) in [6, 6.07) is 4.88.